The standard InChI is InChI=1S/C25H24F6N6O/c1-37-7-5-15(6-8-37)16-3-2-4-19(9-16)34-21-13-22(33-14-32-21)36-23(38)35-20-11-17(24(26,27)28)10-18(12-20)25(29,30)31/h2-4,9-15H,5-8H2,1H3,(H3,32,33,34,35,36,38). The lowest BCUT2D eigenvalue weighted by Crippen LogP contribution is -2.29. The summed E-state index contributed by atoms with van der Waals surface area (Å²) < 4.78 is 78.4. The number of amides is 2. The summed E-state index contributed by atoms with van der Waals surface area (Å²) in [6, 6.07) is 8.98. The Bertz CT molecular complexity index is 1260. The van der Waals surface area contributed by atoms with Gasteiger partial charge in [0.15, 0.2) is 0 Å². The number of carbonyl (C=O) groups excluding carboxylic acids is 1. The number of rotatable bonds is 5. The number of benzene rings is 2. The molecular formula is C25H24F6N6O. The monoisotopic (exact) mass is 538 g/mol. The zero-order valence-electron chi connectivity index (χ0n) is 20.1. The Labute approximate surface area is 214 Å². The molecule has 3 aromatic rings. The summed E-state index contributed by atoms with van der Waals surface area (Å²) >= 11 is 0. The third-order valence-corrected chi connectivity index (χ3v) is 6.10. The Morgan fingerprint density at radius 2 is 1.47 bits per heavy atom. The van der Waals surface area contributed by atoms with Crippen molar-refractivity contribution in [3.05, 3.63) is 71.5 Å². The van der Waals surface area contributed by atoms with E-state index >= 15 is 0 Å². The van der Waals surface area contributed by atoms with E-state index < -0.39 is 35.2 Å². The maximum Gasteiger partial charge on any atom is 0.416 e. The molecule has 7 nitrogen and oxygen atoms in total. The molecule has 1 saturated heterocycles. The van der Waals surface area contributed by atoms with Crippen LogP contribution in [0.15, 0.2) is 54.9 Å². The van der Waals surface area contributed by atoms with Gasteiger partial charge in [-0.15, -0.1) is 0 Å². The van der Waals surface area contributed by atoms with Gasteiger partial charge in [-0.25, -0.2) is 14.8 Å². The van der Waals surface area contributed by atoms with Crippen LogP contribution in [0, 0.1) is 0 Å². The first-order chi connectivity index (χ1) is 17.9. The number of halogens is 6. The van der Waals surface area contributed by atoms with Crippen LogP contribution in [-0.2, 0) is 12.4 Å². The molecule has 38 heavy (non-hydrogen) atoms. The van der Waals surface area contributed by atoms with Gasteiger partial charge in [0, 0.05) is 17.4 Å². The van der Waals surface area contributed by atoms with E-state index in [0.29, 0.717) is 23.9 Å². The van der Waals surface area contributed by atoms with E-state index in [1.54, 1.807) is 0 Å². The highest BCUT2D eigenvalue weighted by Crippen LogP contribution is 2.37. The van der Waals surface area contributed by atoms with E-state index in [2.05, 4.69) is 38.6 Å². The first-order valence-corrected chi connectivity index (χ1v) is 11.6. The van der Waals surface area contributed by atoms with Crippen molar-refractivity contribution in [2.75, 3.05) is 36.1 Å². The fraction of sp³-hybridized carbons (Fsp3) is 0.320. The Balaban J connectivity index is 1.44. The molecule has 0 saturated carbocycles. The summed E-state index contributed by atoms with van der Waals surface area (Å²) in [6.07, 6.45) is -6.82. The predicted octanol–water partition coefficient (Wildman–Crippen LogP) is 6.71. The lowest BCUT2D eigenvalue weighted by Gasteiger charge is -2.29. The third-order valence-electron chi connectivity index (χ3n) is 6.10. The first kappa shape index (κ1) is 27.2. The van der Waals surface area contributed by atoms with Crippen LogP contribution in [0.25, 0.3) is 0 Å². The van der Waals surface area contributed by atoms with Crippen molar-refractivity contribution >= 4 is 29.0 Å². The molecule has 2 aromatic carbocycles. The largest absolute Gasteiger partial charge is 0.416 e. The number of anilines is 4. The van der Waals surface area contributed by atoms with E-state index in [-0.39, 0.29) is 11.9 Å². The summed E-state index contributed by atoms with van der Waals surface area (Å²) in [7, 11) is 2.09. The lowest BCUT2D eigenvalue weighted by atomic mass is 9.89. The molecule has 0 unspecified atom stereocenters. The molecule has 0 bridgehead atoms. The minimum Gasteiger partial charge on any atom is -0.340 e. The summed E-state index contributed by atoms with van der Waals surface area (Å²) in [6.45, 7) is 2.03. The molecule has 0 atom stereocenters. The number of urea groups is 1. The first-order valence-electron chi connectivity index (χ1n) is 11.6. The number of likely N-dealkylation sites (tertiary alicyclic amines) is 1. The molecule has 3 N–H and O–H groups in total. The van der Waals surface area contributed by atoms with Gasteiger partial charge in [-0.3, -0.25) is 5.32 Å². The van der Waals surface area contributed by atoms with Gasteiger partial charge in [-0.2, -0.15) is 26.3 Å². The van der Waals surface area contributed by atoms with Gasteiger partial charge in [0.25, 0.3) is 0 Å². The van der Waals surface area contributed by atoms with Crippen LogP contribution < -0.4 is 16.0 Å². The Morgan fingerprint density at radius 1 is 0.842 bits per heavy atom. The Hall–Kier alpha value is -3.87. The molecule has 1 aromatic heterocycles. The molecule has 0 aliphatic carbocycles. The maximum absolute atomic E-state index is 13.1. The van der Waals surface area contributed by atoms with E-state index in [1.807, 2.05) is 23.5 Å². The lowest BCUT2D eigenvalue weighted by molar-refractivity contribution is -0.143. The van der Waals surface area contributed by atoms with Crippen LogP contribution in [-0.4, -0.2) is 41.0 Å². The second kappa shape index (κ2) is 10.9. The van der Waals surface area contributed by atoms with Crippen LogP contribution in [0.5, 0.6) is 0 Å². The normalized spacial score (nSPS) is 15.2. The number of piperidine rings is 1. The van der Waals surface area contributed by atoms with E-state index in [0.717, 1.165) is 37.9 Å². The van der Waals surface area contributed by atoms with Gasteiger partial charge in [0.1, 0.15) is 18.0 Å². The van der Waals surface area contributed by atoms with Crippen molar-refractivity contribution < 1.29 is 31.1 Å². The van der Waals surface area contributed by atoms with Gasteiger partial charge in [0.05, 0.1) is 11.1 Å². The molecule has 1 fully saturated rings. The van der Waals surface area contributed by atoms with Crippen molar-refractivity contribution in [3.8, 4) is 0 Å². The highest BCUT2D eigenvalue weighted by atomic mass is 19.4. The van der Waals surface area contributed by atoms with Crippen LogP contribution >= 0.6 is 0 Å². The topological polar surface area (TPSA) is 82.2 Å². The average Bonchev–Trinajstić information content (AvgIpc) is 2.83. The number of carbonyl (C=O) groups is 1. The number of nitrogens with zero attached hydrogens (tertiary/aromatic N) is 3. The SMILES string of the molecule is CN1CCC(c2cccc(Nc3cc(NC(=O)Nc4cc(C(F)(F)F)cc(C(F)(F)F)c4)ncn3)c2)CC1. The van der Waals surface area contributed by atoms with Gasteiger partial charge in [-0.1, -0.05) is 12.1 Å². The van der Waals surface area contributed by atoms with Gasteiger partial charge in [0.2, 0.25) is 0 Å². The predicted molar refractivity (Wildman–Crippen MR) is 130 cm³/mol. The molecule has 202 valence electrons. The van der Waals surface area contributed by atoms with Gasteiger partial charge >= 0.3 is 18.4 Å². The highest BCUT2D eigenvalue weighted by molar-refractivity contribution is 5.99. The number of hydrogen-bond donors (Lipinski definition) is 3. The maximum atomic E-state index is 13.1. The smallest absolute Gasteiger partial charge is 0.340 e. The molecule has 4 rings (SSSR count). The Morgan fingerprint density at radius 3 is 2.11 bits per heavy atom. The minimum absolute atomic E-state index is 0.0190. The molecule has 2 amide bonds. The molecule has 1 aliphatic rings. The number of hydrogen-bond acceptors (Lipinski definition) is 5. The van der Waals surface area contributed by atoms with E-state index in [4.69, 9.17) is 0 Å². The summed E-state index contributed by atoms with van der Waals surface area (Å²) in [5, 5.41) is 7.41. The number of alkyl halides is 6. The fourth-order valence-electron chi connectivity index (χ4n) is 4.16. The molecule has 0 spiro atoms. The number of aromatic nitrogens is 2. The summed E-state index contributed by atoms with van der Waals surface area (Å²) in [4.78, 5) is 22.6. The molecule has 0 radical (unpaired) electrons. The van der Waals surface area contributed by atoms with Crippen LogP contribution in [0.2, 0.25) is 0 Å². The van der Waals surface area contributed by atoms with E-state index in [1.165, 1.54) is 11.6 Å². The van der Waals surface area contributed by atoms with Gasteiger partial charge < -0.3 is 15.5 Å². The van der Waals surface area contributed by atoms with Crippen LogP contribution in [0.4, 0.5) is 54.1 Å². The summed E-state index contributed by atoms with van der Waals surface area (Å²) in [5.74, 6) is 0.747. The molecular weight excluding hydrogens is 514 g/mol. The van der Waals surface area contributed by atoms with Crippen LogP contribution in [0.1, 0.15) is 35.4 Å². The minimum atomic E-state index is -5.04. The Kier molecular flexibility index (Phi) is 7.76. The zero-order valence-corrected chi connectivity index (χ0v) is 20.1. The van der Waals surface area contributed by atoms with Crippen molar-refractivity contribution in [3.63, 3.8) is 0 Å². The molecule has 1 aliphatic heterocycles. The fourth-order valence-corrected chi connectivity index (χ4v) is 4.16. The second-order valence-electron chi connectivity index (χ2n) is 8.99. The zero-order chi connectivity index (χ0) is 27.5. The van der Waals surface area contributed by atoms with Crippen molar-refractivity contribution in [2.24, 2.45) is 0 Å². The van der Waals surface area contributed by atoms with Crippen molar-refractivity contribution in [1.29, 1.82) is 0 Å². The third kappa shape index (κ3) is 7.12. The second-order valence-corrected chi connectivity index (χ2v) is 8.99. The quantitative estimate of drug-likeness (QED) is 0.315. The number of nitrogens with one attached hydrogen (secondary N) is 3. The molecule has 2 heterocycles. The van der Waals surface area contributed by atoms with E-state index in [9.17, 15) is 31.1 Å². The van der Waals surface area contributed by atoms with Crippen LogP contribution in [0.3, 0.4) is 0 Å². The summed E-state index contributed by atoms with van der Waals surface area (Å²) in [5.41, 5.74) is -1.81. The van der Waals surface area contributed by atoms with Crippen molar-refractivity contribution in [1.82, 2.24) is 14.9 Å². The van der Waals surface area contributed by atoms with Gasteiger partial charge in [-0.05, 0) is 74.8 Å². The molecule has 13 heteroatoms. The highest BCUT2D eigenvalue weighted by Gasteiger charge is 2.37. The van der Waals surface area contributed by atoms with Crippen molar-refractivity contribution in [2.45, 2.75) is 31.1 Å². The average molecular weight is 538 g/mol.